The molecule has 3 rings (SSSR count). The Morgan fingerprint density at radius 2 is 1.77 bits per heavy atom. The minimum atomic E-state index is -3.56. The van der Waals surface area contributed by atoms with Gasteiger partial charge in [0.15, 0.2) is 0 Å². The number of nitrogens with zero attached hydrogens (tertiary/aromatic N) is 2. The molecule has 0 radical (unpaired) electrons. The second kappa shape index (κ2) is 9.49. The molecule has 7 nitrogen and oxygen atoms in total. The van der Waals surface area contributed by atoms with Crippen molar-refractivity contribution in [3.63, 3.8) is 0 Å². The zero-order valence-corrected chi connectivity index (χ0v) is 18.5. The Hall–Kier alpha value is -2.58. The Morgan fingerprint density at radius 1 is 1.07 bits per heavy atom. The molecular weight excluding hydrogens is 402 g/mol. The monoisotopic (exact) mass is 431 g/mol. The number of hydrogen-bond donors (Lipinski definition) is 1. The fourth-order valence-corrected chi connectivity index (χ4v) is 5.31. The van der Waals surface area contributed by atoms with Gasteiger partial charge in [-0.15, -0.1) is 0 Å². The summed E-state index contributed by atoms with van der Waals surface area (Å²) in [5, 5.41) is 2.92. The van der Waals surface area contributed by atoms with E-state index in [1.165, 1.54) is 4.31 Å². The van der Waals surface area contributed by atoms with Crippen LogP contribution in [-0.2, 0) is 16.4 Å². The lowest BCUT2D eigenvalue weighted by atomic mass is 10.1. The molecule has 0 unspecified atom stereocenters. The number of hydrogen-bond acceptors (Lipinski definition) is 4. The molecule has 1 heterocycles. The average molecular weight is 432 g/mol. The number of carbonyl (C=O) groups is 1. The first-order valence-corrected chi connectivity index (χ1v) is 11.5. The van der Waals surface area contributed by atoms with Crippen LogP contribution in [0, 0.1) is 13.8 Å². The van der Waals surface area contributed by atoms with Crippen LogP contribution in [-0.4, -0.2) is 63.5 Å². The van der Waals surface area contributed by atoms with Crippen molar-refractivity contribution in [3.8, 4) is 5.75 Å². The highest BCUT2D eigenvalue weighted by Crippen LogP contribution is 2.22. The highest BCUT2D eigenvalue weighted by Gasteiger charge is 2.30. The van der Waals surface area contributed by atoms with E-state index in [2.05, 4.69) is 5.32 Å². The van der Waals surface area contributed by atoms with Gasteiger partial charge in [0.05, 0.1) is 12.0 Å². The average Bonchev–Trinajstić information content (AvgIpc) is 2.73. The van der Waals surface area contributed by atoms with Gasteiger partial charge in [0, 0.05) is 32.7 Å². The minimum absolute atomic E-state index is 0.173. The molecule has 1 saturated heterocycles. The van der Waals surface area contributed by atoms with E-state index in [0.717, 1.165) is 22.4 Å². The maximum Gasteiger partial charge on any atom is 0.317 e. The molecule has 1 aliphatic rings. The van der Waals surface area contributed by atoms with Gasteiger partial charge in [-0.25, -0.2) is 13.2 Å². The van der Waals surface area contributed by atoms with E-state index in [1.54, 1.807) is 18.1 Å². The molecule has 30 heavy (non-hydrogen) atoms. The van der Waals surface area contributed by atoms with Crippen molar-refractivity contribution in [2.45, 2.75) is 25.2 Å². The maximum absolute atomic E-state index is 13.0. The topological polar surface area (TPSA) is 79.0 Å². The number of aryl methyl sites for hydroxylation is 2. The van der Waals surface area contributed by atoms with Crippen molar-refractivity contribution >= 4 is 16.1 Å². The first kappa shape index (κ1) is 22.1. The predicted octanol–water partition coefficient (Wildman–Crippen LogP) is 2.57. The summed E-state index contributed by atoms with van der Waals surface area (Å²) in [6.45, 7) is 5.54. The molecule has 2 aromatic rings. The van der Waals surface area contributed by atoms with Crippen molar-refractivity contribution in [2.24, 2.45) is 0 Å². The van der Waals surface area contributed by atoms with Gasteiger partial charge in [-0.1, -0.05) is 35.9 Å². The van der Waals surface area contributed by atoms with Crippen LogP contribution in [0.4, 0.5) is 4.79 Å². The van der Waals surface area contributed by atoms with Crippen LogP contribution in [0.3, 0.4) is 0 Å². The van der Waals surface area contributed by atoms with Gasteiger partial charge in [0.25, 0.3) is 0 Å². The molecule has 0 aliphatic carbocycles. The van der Waals surface area contributed by atoms with Crippen LogP contribution < -0.4 is 10.1 Å². The van der Waals surface area contributed by atoms with E-state index in [4.69, 9.17) is 4.74 Å². The van der Waals surface area contributed by atoms with E-state index < -0.39 is 10.0 Å². The quantitative estimate of drug-likeness (QED) is 0.763. The molecule has 0 aromatic heterocycles. The lowest BCUT2D eigenvalue weighted by Crippen LogP contribution is -2.53. The van der Waals surface area contributed by atoms with Crippen molar-refractivity contribution in [1.82, 2.24) is 14.5 Å². The predicted molar refractivity (Wildman–Crippen MR) is 116 cm³/mol. The minimum Gasteiger partial charge on any atom is -0.496 e. The molecule has 162 valence electrons. The van der Waals surface area contributed by atoms with Crippen molar-refractivity contribution in [3.05, 3.63) is 59.2 Å². The summed E-state index contributed by atoms with van der Waals surface area (Å²) in [6.07, 6.45) is 0.663. The smallest absolute Gasteiger partial charge is 0.317 e. The van der Waals surface area contributed by atoms with Gasteiger partial charge in [0.2, 0.25) is 10.0 Å². The van der Waals surface area contributed by atoms with Crippen molar-refractivity contribution in [1.29, 1.82) is 0 Å². The largest absolute Gasteiger partial charge is 0.496 e. The van der Waals surface area contributed by atoms with E-state index in [0.29, 0.717) is 31.0 Å². The van der Waals surface area contributed by atoms with Crippen LogP contribution in [0.15, 0.2) is 47.4 Å². The molecular formula is C22H29N3O4S. The number of amides is 2. The number of carbonyl (C=O) groups excluding carboxylic acids is 1. The third-order valence-electron chi connectivity index (χ3n) is 5.34. The Labute approximate surface area is 178 Å². The normalized spacial score (nSPS) is 15.1. The summed E-state index contributed by atoms with van der Waals surface area (Å²) in [7, 11) is -1.93. The molecule has 0 spiro atoms. The summed E-state index contributed by atoms with van der Waals surface area (Å²) in [4.78, 5) is 14.5. The molecule has 1 aliphatic heterocycles. The molecule has 0 atom stereocenters. The number of rotatable bonds is 6. The van der Waals surface area contributed by atoms with E-state index in [1.807, 2.05) is 50.2 Å². The molecule has 2 aromatic carbocycles. The van der Waals surface area contributed by atoms with E-state index in [-0.39, 0.29) is 19.1 Å². The van der Waals surface area contributed by atoms with Crippen LogP contribution in [0.25, 0.3) is 0 Å². The Bertz CT molecular complexity index is 999. The molecule has 2 amide bonds. The van der Waals surface area contributed by atoms with Crippen LogP contribution in [0.5, 0.6) is 5.75 Å². The number of piperazine rings is 1. The Kier molecular flexibility index (Phi) is 6.99. The van der Waals surface area contributed by atoms with Crippen LogP contribution in [0.2, 0.25) is 0 Å². The SMILES string of the molecule is COc1ccccc1CCNC(=O)N1CCN(S(=O)(=O)c2ccc(C)cc2C)CC1. The van der Waals surface area contributed by atoms with Gasteiger partial charge >= 0.3 is 6.03 Å². The number of sulfonamides is 1. The summed E-state index contributed by atoms with van der Waals surface area (Å²) in [6, 6.07) is 12.9. The highest BCUT2D eigenvalue weighted by atomic mass is 32.2. The second-order valence-electron chi connectivity index (χ2n) is 7.45. The Morgan fingerprint density at radius 3 is 2.43 bits per heavy atom. The van der Waals surface area contributed by atoms with E-state index >= 15 is 0 Å². The number of urea groups is 1. The number of para-hydroxylation sites is 1. The zero-order valence-electron chi connectivity index (χ0n) is 17.7. The number of methoxy groups -OCH3 is 1. The third kappa shape index (κ3) is 4.94. The molecule has 8 heteroatoms. The third-order valence-corrected chi connectivity index (χ3v) is 7.40. The number of ether oxygens (including phenoxy) is 1. The standard InChI is InChI=1S/C22H29N3O4S/c1-17-8-9-21(18(2)16-17)30(27,28)25-14-12-24(13-15-25)22(26)23-11-10-19-6-4-5-7-20(19)29-3/h4-9,16H,10-15H2,1-3H3,(H,23,26). The maximum atomic E-state index is 13.0. The van der Waals surface area contributed by atoms with Crippen LogP contribution in [0.1, 0.15) is 16.7 Å². The van der Waals surface area contributed by atoms with E-state index in [9.17, 15) is 13.2 Å². The molecule has 0 saturated carbocycles. The zero-order chi connectivity index (χ0) is 21.7. The van der Waals surface area contributed by atoms with Crippen molar-refractivity contribution < 1.29 is 17.9 Å². The first-order valence-electron chi connectivity index (χ1n) is 10.0. The first-order chi connectivity index (χ1) is 14.3. The van der Waals surface area contributed by atoms with Crippen molar-refractivity contribution in [2.75, 3.05) is 39.8 Å². The van der Waals surface area contributed by atoms with Gasteiger partial charge in [0.1, 0.15) is 5.75 Å². The van der Waals surface area contributed by atoms with Crippen LogP contribution >= 0.6 is 0 Å². The van der Waals surface area contributed by atoms with Gasteiger partial charge < -0.3 is 15.0 Å². The van der Waals surface area contributed by atoms with Gasteiger partial charge in [-0.05, 0) is 43.5 Å². The summed E-state index contributed by atoms with van der Waals surface area (Å²) in [5.41, 5.74) is 2.80. The lowest BCUT2D eigenvalue weighted by Gasteiger charge is -2.34. The fourth-order valence-electron chi connectivity index (χ4n) is 3.68. The fraction of sp³-hybridized carbons (Fsp3) is 0.409. The van der Waals surface area contributed by atoms with Gasteiger partial charge in [-0.3, -0.25) is 0 Å². The summed E-state index contributed by atoms with van der Waals surface area (Å²) in [5.74, 6) is 0.803. The van der Waals surface area contributed by atoms with Gasteiger partial charge in [-0.2, -0.15) is 4.31 Å². The second-order valence-corrected chi connectivity index (χ2v) is 9.36. The molecule has 1 N–H and O–H groups in total. The molecule has 0 bridgehead atoms. The highest BCUT2D eigenvalue weighted by molar-refractivity contribution is 7.89. The Balaban J connectivity index is 1.53. The molecule has 1 fully saturated rings. The number of nitrogens with one attached hydrogen (secondary N) is 1. The summed E-state index contributed by atoms with van der Waals surface area (Å²) >= 11 is 0. The summed E-state index contributed by atoms with van der Waals surface area (Å²) < 4.78 is 32.8. The number of benzene rings is 2. The lowest BCUT2D eigenvalue weighted by molar-refractivity contribution is 0.172.